The lowest BCUT2D eigenvalue weighted by molar-refractivity contribution is -0.139. The van der Waals surface area contributed by atoms with E-state index in [1.165, 1.54) is 18.7 Å². The number of nitrogens with zero attached hydrogens (tertiary/aromatic N) is 4. The number of ether oxygens (including phenoxy) is 1. The highest BCUT2D eigenvalue weighted by Crippen LogP contribution is 2.28. The molecule has 1 aromatic carbocycles. The fraction of sp³-hybridized carbons (Fsp3) is 0.333. The molecule has 3 rings (SSSR count). The third kappa shape index (κ3) is 3.47. The normalized spacial score (nSPS) is 12.3. The summed E-state index contributed by atoms with van der Waals surface area (Å²) in [6.45, 7) is 1.95. The zero-order valence-corrected chi connectivity index (χ0v) is 17.4. The van der Waals surface area contributed by atoms with E-state index in [4.69, 9.17) is 16.3 Å². The number of aryl methyl sites for hydroxylation is 1. The molecule has 10 heteroatoms. The third-order valence-electron chi connectivity index (χ3n) is 4.41. The number of aromatic nitrogens is 4. The van der Waals surface area contributed by atoms with Crippen molar-refractivity contribution in [2.75, 3.05) is 7.11 Å². The van der Waals surface area contributed by atoms with Gasteiger partial charge in [0.2, 0.25) is 0 Å². The summed E-state index contributed by atoms with van der Waals surface area (Å²) in [7, 11) is 4.28. The molecule has 28 heavy (non-hydrogen) atoms. The molecule has 0 aliphatic carbocycles. The number of carbonyl (C=O) groups excluding carboxylic acids is 1. The van der Waals surface area contributed by atoms with Gasteiger partial charge in [-0.2, -0.15) is 0 Å². The second-order valence-electron chi connectivity index (χ2n) is 6.23. The van der Waals surface area contributed by atoms with Crippen molar-refractivity contribution in [2.45, 2.75) is 23.9 Å². The van der Waals surface area contributed by atoms with Crippen LogP contribution in [-0.2, 0) is 30.2 Å². The summed E-state index contributed by atoms with van der Waals surface area (Å²) >= 11 is 7.45. The quantitative estimate of drug-likeness (QED) is 0.460. The second-order valence-corrected chi connectivity index (χ2v) is 7.95. The first-order chi connectivity index (χ1) is 13.3. The summed E-state index contributed by atoms with van der Waals surface area (Å²) in [5.74, 6) is -0.414. The first-order valence-corrected chi connectivity index (χ1v) is 9.66. The van der Waals surface area contributed by atoms with Crippen LogP contribution in [0.5, 0.6) is 0 Å². The van der Waals surface area contributed by atoms with Gasteiger partial charge in [0.25, 0.3) is 5.56 Å². The predicted octanol–water partition coefficient (Wildman–Crippen LogP) is 1.79. The molecule has 0 N–H and O–H groups in total. The molecule has 1 unspecified atom stereocenters. The molecule has 2 heterocycles. The summed E-state index contributed by atoms with van der Waals surface area (Å²) in [5.41, 5.74) is 0.364. The lowest BCUT2D eigenvalue weighted by Gasteiger charge is -2.12. The average Bonchev–Trinajstić information content (AvgIpc) is 3.03. The fourth-order valence-electron chi connectivity index (χ4n) is 2.83. The molecule has 0 saturated heterocycles. The van der Waals surface area contributed by atoms with Crippen LogP contribution in [0.3, 0.4) is 0 Å². The van der Waals surface area contributed by atoms with Gasteiger partial charge in [0, 0.05) is 19.1 Å². The Hall–Kier alpha value is -2.52. The van der Waals surface area contributed by atoms with Gasteiger partial charge in [-0.3, -0.25) is 18.7 Å². The molecule has 0 fully saturated rings. The Balaban J connectivity index is 2.26. The summed E-state index contributed by atoms with van der Waals surface area (Å²) in [4.78, 5) is 41.5. The number of thioether (sulfide) groups is 1. The number of esters is 1. The molecule has 3 aromatic rings. The second kappa shape index (κ2) is 7.84. The number of rotatable bonds is 5. The Labute approximate surface area is 169 Å². The van der Waals surface area contributed by atoms with Gasteiger partial charge in [0.1, 0.15) is 5.25 Å². The van der Waals surface area contributed by atoms with E-state index >= 15 is 0 Å². The van der Waals surface area contributed by atoms with Gasteiger partial charge in [0.15, 0.2) is 16.3 Å². The van der Waals surface area contributed by atoms with E-state index in [0.29, 0.717) is 10.2 Å². The largest absolute Gasteiger partial charge is 0.468 e. The Kier molecular flexibility index (Phi) is 5.66. The maximum Gasteiger partial charge on any atom is 0.332 e. The summed E-state index contributed by atoms with van der Waals surface area (Å²) in [5, 5.41) is 0.418. The lowest BCUT2D eigenvalue weighted by Crippen LogP contribution is -2.37. The van der Waals surface area contributed by atoms with Gasteiger partial charge in [-0.15, -0.1) is 0 Å². The van der Waals surface area contributed by atoms with E-state index in [9.17, 15) is 14.4 Å². The van der Waals surface area contributed by atoms with Crippen LogP contribution in [0.2, 0.25) is 5.02 Å². The molecule has 0 amide bonds. The Morgan fingerprint density at radius 2 is 1.93 bits per heavy atom. The topological polar surface area (TPSA) is 88.1 Å². The number of halogens is 1. The molecular weight excluding hydrogens is 404 g/mol. The lowest BCUT2D eigenvalue weighted by atomic mass is 10.2. The number of benzene rings is 1. The minimum atomic E-state index is -0.548. The highest BCUT2D eigenvalue weighted by molar-refractivity contribution is 8.00. The summed E-state index contributed by atoms with van der Waals surface area (Å²) in [6, 6.07) is 7.26. The van der Waals surface area contributed by atoms with Gasteiger partial charge in [-0.1, -0.05) is 41.6 Å². The average molecular weight is 423 g/mol. The maximum absolute atomic E-state index is 12.8. The predicted molar refractivity (Wildman–Crippen MR) is 108 cm³/mol. The van der Waals surface area contributed by atoms with Crippen molar-refractivity contribution >= 4 is 40.5 Å². The van der Waals surface area contributed by atoms with E-state index in [2.05, 4.69) is 4.98 Å². The van der Waals surface area contributed by atoms with Crippen LogP contribution in [0.4, 0.5) is 0 Å². The van der Waals surface area contributed by atoms with Crippen molar-refractivity contribution in [3.8, 4) is 0 Å². The number of imidazole rings is 1. The number of hydrogen-bond donors (Lipinski definition) is 0. The van der Waals surface area contributed by atoms with Gasteiger partial charge in [0.05, 0.1) is 13.7 Å². The van der Waals surface area contributed by atoms with Crippen molar-refractivity contribution in [2.24, 2.45) is 14.1 Å². The van der Waals surface area contributed by atoms with Crippen LogP contribution in [0.1, 0.15) is 12.5 Å². The Bertz CT molecular complexity index is 1180. The van der Waals surface area contributed by atoms with E-state index < -0.39 is 22.5 Å². The molecule has 148 valence electrons. The third-order valence-corrected chi connectivity index (χ3v) is 5.85. The number of carbonyl (C=O) groups is 1. The van der Waals surface area contributed by atoms with Crippen molar-refractivity contribution < 1.29 is 9.53 Å². The maximum atomic E-state index is 12.8. The molecule has 0 saturated carbocycles. The molecule has 0 aliphatic rings. The molecule has 8 nitrogen and oxygen atoms in total. The summed E-state index contributed by atoms with van der Waals surface area (Å²) in [6.07, 6.45) is 0. The molecular formula is C18H19ClN4O4S. The van der Waals surface area contributed by atoms with Gasteiger partial charge in [-0.25, -0.2) is 9.78 Å². The molecule has 2 aromatic heterocycles. The molecule has 1 atom stereocenters. The smallest absolute Gasteiger partial charge is 0.332 e. The van der Waals surface area contributed by atoms with Crippen LogP contribution in [-0.4, -0.2) is 37.0 Å². The standard InChI is InChI=1S/C18H19ClN4O4S/c1-10(16(25)27-4)28-17-20-14-13(15(24)22(3)18(26)21(14)2)23(17)9-11-7-5-6-8-12(11)19/h5-8,10H,9H2,1-4H3. The van der Waals surface area contributed by atoms with E-state index in [1.54, 1.807) is 24.6 Å². The minimum absolute atomic E-state index is 0.250. The number of hydrogen-bond acceptors (Lipinski definition) is 6. The number of methoxy groups -OCH3 is 1. The van der Waals surface area contributed by atoms with Crippen molar-refractivity contribution in [3.63, 3.8) is 0 Å². The van der Waals surface area contributed by atoms with Crippen molar-refractivity contribution in [1.82, 2.24) is 18.7 Å². The van der Waals surface area contributed by atoms with Gasteiger partial charge < -0.3 is 9.30 Å². The highest BCUT2D eigenvalue weighted by atomic mass is 35.5. The van der Waals surface area contributed by atoms with E-state index in [1.807, 2.05) is 18.2 Å². The first kappa shape index (κ1) is 20.2. The Morgan fingerprint density at radius 3 is 2.57 bits per heavy atom. The summed E-state index contributed by atoms with van der Waals surface area (Å²) < 4.78 is 8.81. The van der Waals surface area contributed by atoms with Crippen LogP contribution in [0.15, 0.2) is 39.0 Å². The molecule has 0 bridgehead atoms. The molecule has 0 spiro atoms. The Morgan fingerprint density at radius 1 is 1.25 bits per heavy atom. The van der Waals surface area contributed by atoms with Gasteiger partial charge >= 0.3 is 11.7 Å². The van der Waals surface area contributed by atoms with E-state index in [-0.39, 0.29) is 17.7 Å². The monoisotopic (exact) mass is 422 g/mol. The fourth-order valence-corrected chi connectivity index (χ4v) is 3.96. The van der Waals surface area contributed by atoms with Gasteiger partial charge in [-0.05, 0) is 18.6 Å². The van der Waals surface area contributed by atoms with Crippen molar-refractivity contribution in [3.05, 3.63) is 55.7 Å². The van der Waals surface area contributed by atoms with Crippen LogP contribution in [0, 0.1) is 0 Å². The zero-order chi connectivity index (χ0) is 20.6. The van der Waals surface area contributed by atoms with Crippen LogP contribution in [0.25, 0.3) is 11.2 Å². The first-order valence-electron chi connectivity index (χ1n) is 8.40. The SMILES string of the molecule is COC(=O)C(C)Sc1nc2c(c(=O)n(C)c(=O)n2C)n1Cc1ccccc1Cl. The zero-order valence-electron chi connectivity index (χ0n) is 15.8. The van der Waals surface area contributed by atoms with E-state index in [0.717, 1.165) is 21.9 Å². The number of fused-ring (bicyclic) bond motifs is 1. The van der Waals surface area contributed by atoms with Crippen LogP contribution < -0.4 is 11.2 Å². The molecule has 0 aliphatic heterocycles. The van der Waals surface area contributed by atoms with Crippen LogP contribution >= 0.6 is 23.4 Å². The highest BCUT2D eigenvalue weighted by Gasteiger charge is 2.24. The van der Waals surface area contributed by atoms with Crippen molar-refractivity contribution in [1.29, 1.82) is 0 Å². The molecule has 0 radical (unpaired) electrons. The minimum Gasteiger partial charge on any atom is -0.468 e.